The van der Waals surface area contributed by atoms with Crippen molar-refractivity contribution in [2.45, 2.75) is 24.7 Å². The van der Waals surface area contributed by atoms with Crippen molar-refractivity contribution >= 4 is 9.84 Å². The van der Waals surface area contributed by atoms with Crippen molar-refractivity contribution in [3.63, 3.8) is 0 Å². The molecule has 3 atom stereocenters. The maximum atomic E-state index is 11.3. The third kappa shape index (κ3) is 1.93. The molecule has 17 heavy (non-hydrogen) atoms. The standard InChI is InChI=1S/C10H11N3O3S/c11-4-7-3-8(7)10-12-9(13-16-10)6-1-2-17(14,15)5-6/h6-8H,1-3,5H2. The molecule has 1 aliphatic carbocycles. The Hall–Kier alpha value is -1.42. The lowest BCUT2D eigenvalue weighted by atomic mass is 10.1. The molecule has 0 aromatic carbocycles. The number of rotatable bonds is 2. The van der Waals surface area contributed by atoms with E-state index in [4.69, 9.17) is 9.78 Å². The van der Waals surface area contributed by atoms with E-state index < -0.39 is 9.84 Å². The molecule has 3 unspecified atom stereocenters. The van der Waals surface area contributed by atoms with E-state index >= 15 is 0 Å². The van der Waals surface area contributed by atoms with Crippen LogP contribution in [0.5, 0.6) is 0 Å². The second kappa shape index (κ2) is 3.53. The number of hydrogen-bond acceptors (Lipinski definition) is 6. The normalized spacial score (nSPS) is 34.4. The first-order valence-corrected chi connectivity index (χ1v) is 7.35. The Labute approximate surface area is 98.5 Å². The lowest BCUT2D eigenvalue weighted by Crippen LogP contribution is -2.05. The van der Waals surface area contributed by atoms with Gasteiger partial charge in [-0.2, -0.15) is 10.2 Å². The van der Waals surface area contributed by atoms with E-state index in [0.717, 1.165) is 6.42 Å². The number of aromatic nitrogens is 2. The van der Waals surface area contributed by atoms with E-state index in [1.54, 1.807) is 0 Å². The van der Waals surface area contributed by atoms with Crippen LogP contribution in [-0.2, 0) is 9.84 Å². The number of hydrogen-bond donors (Lipinski definition) is 0. The van der Waals surface area contributed by atoms with Crippen molar-refractivity contribution in [2.75, 3.05) is 11.5 Å². The van der Waals surface area contributed by atoms with Gasteiger partial charge in [0.15, 0.2) is 15.7 Å². The molecule has 0 bridgehead atoms. The van der Waals surface area contributed by atoms with Gasteiger partial charge in [0.2, 0.25) is 5.89 Å². The van der Waals surface area contributed by atoms with Crippen LogP contribution in [0.4, 0.5) is 0 Å². The summed E-state index contributed by atoms with van der Waals surface area (Å²) in [5, 5.41) is 12.5. The summed E-state index contributed by atoms with van der Waals surface area (Å²) in [6, 6.07) is 2.16. The average Bonchev–Trinajstić information content (AvgIpc) is 2.74. The molecule has 1 saturated heterocycles. The molecule has 1 aromatic heterocycles. The summed E-state index contributed by atoms with van der Waals surface area (Å²) >= 11 is 0. The van der Waals surface area contributed by atoms with Crippen molar-refractivity contribution in [1.82, 2.24) is 10.1 Å². The van der Waals surface area contributed by atoms with Crippen molar-refractivity contribution in [3.05, 3.63) is 11.7 Å². The molecule has 6 nitrogen and oxygen atoms in total. The zero-order valence-electron chi connectivity index (χ0n) is 9.04. The Balaban J connectivity index is 1.76. The highest BCUT2D eigenvalue weighted by molar-refractivity contribution is 7.91. The average molecular weight is 253 g/mol. The van der Waals surface area contributed by atoms with Gasteiger partial charge in [0.05, 0.1) is 29.4 Å². The van der Waals surface area contributed by atoms with Gasteiger partial charge in [-0.05, 0) is 12.8 Å². The summed E-state index contributed by atoms with van der Waals surface area (Å²) in [5.74, 6) is 1.16. The molecule has 1 saturated carbocycles. The molecule has 0 radical (unpaired) electrons. The van der Waals surface area contributed by atoms with Crippen LogP contribution in [0.15, 0.2) is 4.52 Å². The fraction of sp³-hybridized carbons (Fsp3) is 0.700. The number of nitriles is 1. The Morgan fingerprint density at radius 2 is 2.29 bits per heavy atom. The summed E-state index contributed by atoms with van der Waals surface area (Å²) in [7, 11) is -2.93. The Morgan fingerprint density at radius 3 is 2.88 bits per heavy atom. The zero-order chi connectivity index (χ0) is 12.0. The molecule has 0 N–H and O–H groups in total. The Bertz CT molecular complexity index is 586. The molecule has 1 aliphatic heterocycles. The largest absolute Gasteiger partial charge is 0.339 e. The molecular weight excluding hydrogens is 242 g/mol. The highest BCUT2D eigenvalue weighted by atomic mass is 32.2. The van der Waals surface area contributed by atoms with Gasteiger partial charge >= 0.3 is 0 Å². The van der Waals surface area contributed by atoms with E-state index in [1.807, 2.05) is 0 Å². The predicted molar refractivity (Wildman–Crippen MR) is 56.8 cm³/mol. The van der Waals surface area contributed by atoms with Gasteiger partial charge in [0.1, 0.15) is 0 Å². The third-order valence-electron chi connectivity index (χ3n) is 3.33. The SMILES string of the molecule is N#CC1CC1c1nc(C2CCS(=O)(=O)C2)no1. The first-order chi connectivity index (χ1) is 8.09. The first-order valence-electron chi connectivity index (χ1n) is 5.52. The van der Waals surface area contributed by atoms with Crippen LogP contribution in [0, 0.1) is 17.2 Å². The minimum atomic E-state index is -2.93. The summed E-state index contributed by atoms with van der Waals surface area (Å²) in [6.45, 7) is 0. The lowest BCUT2D eigenvalue weighted by Gasteiger charge is -1.97. The summed E-state index contributed by atoms with van der Waals surface area (Å²) in [5.41, 5.74) is 0. The third-order valence-corrected chi connectivity index (χ3v) is 5.10. The van der Waals surface area contributed by atoms with E-state index in [2.05, 4.69) is 16.2 Å². The second-order valence-corrected chi connectivity index (χ2v) is 6.90. The topological polar surface area (TPSA) is 96.8 Å². The molecule has 0 spiro atoms. The van der Waals surface area contributed by atoms with Crippen molar-refractivity contribution in [1.29, 1.82) is 5.26 Å². The maximum absolute atomic E-state index is 11.3. The van der Waals surface area contributed by atoms with Crippen LogP contribution in [0.3, 0.4) is 0 Å². The molecule has 90 valence electrons. The molecule has 2 fully saturated rings. The zero-order valence-corrected chi connectivity index (χ0v) is 9.85. The molecule has 1 aromatic rings. The Kier molecular flexibility index (Phi) is 2.23. The van der Waals surface area contributed by atoms with Gasteiger partial charge in [0, 0.05) is 5.92 Å². The van der Waals surface area contributed by atoms with Crippen molar-refractivity contribution in [3.8, 4) is 6.07 Å². The number of sulfone groups is 1. The molecule has 0 amide bonds. The van der Waals surface area contributed by atoms with E-state index in [9.17, 15) is 8.42 Å². The molecule has 2 heterocycles. The molecule has 2 aliphatic rings. The monoisotopic (exact) mass is 253 g/mol. The summed E-state index contributed by atoms with van der Waals surface area (Å²) in [4.78, 5) is 4.22. The fourth-order valence-electron chi connectivity index (χ4n) is 2.17. The second-order valence-electron chi connectivity index (χ2n) is 4.67. The Morgan fingerprint density at radius 1 is 1.47 bits per heavy atom. The lowest BCUT2D eigenvalue weighted by molar-refractivity contribution is 0.370. The molecular formula is C10H11N3O3S. The van der Waals surface area contributed by atoms with Crippen LogP contribution in [-0.4, -0.2) is 30.1 Å². The van der Waals surface area contributed by atoms with Crippen LogP contribution >= 0.6 is 0 Å². The highest BCUT2D eigenvalue weighted by Crippen LogP contribution is 2.46. The van der Waals surface area contributed by atoms with Gasteiger partial charge in [-0.1, -0.05) is 5.16 Å². The van der Waals surface area contributed by atoms with Crippen LogP contribution in [0.2, 0.25) is 0 Å². The fourth-order valence-corrected chi connectivity index (χ4v) is 3.91. The minimum absolute atomic E-state index is 0.0180. The van der Waals surface area contributed by atoms with E-state index in [1.165, 1.54) is 0 Å². The highest BCUT2D eigenvalue weighted by Gasteiger charge is 2.44. The first kappa shape index (κ1) is 10.7. The minimum Gasteiger partial charge on any atom is -0.339 e. The summed E-state index contributed by atoms with van der Waals surface area (Å²) in [6.07, 6.45) is 1.33. The quantitative estimate of drug-likeness (QED) is 0.765. The van der Waals surface area contributed by atoms with Gasteiger partial charge in [-0.25, -0.2) is 8.42 Å². The molecule has 3 rings (SSSR count). The van der Waals surface area contributed by atoms with Crippen molar-refractivity contribution in [2.24, 2.45) is 5.92 Å². The predicted octanol–water partition coefficient (Wildman–Crippen LogP) is 0.599. The maximum Gasteiger partial charge on any atom is 0.231 e. The smallest absolute Gasteiger partial charge is 0.231 e. The van der Waals surface area contributed by atoms with Gasteiger partial charge in [0.25, 0.3) is 0 Å². The van der Waals surface area contributed by atoms with E-state index in [-0.39, 0.29) is 29.3 Å². The van der Waals surface area contributed by atoms with Gasteiger partial charge < -0.3 is 4.52 Å². The van der Waals surface area contributed by atoms with Crippen molar-refractivity contribution < 1.29 is 12.9 Å². The van der Waals surface area contributed by atoms with Crippen LogP contribution < -0.4 is 0 Å². The molecule has 7 heteroatoms. The van der Waals surface area contributed by atoms with Gasteiger partial charge in [-0.15, -0.1) is 0 Å². The van der Waals surface area contributed by atoms with E-state index in [0.29, 0.717) is 18.1 Å². The summed E-state index contributed by atoms with van der Waals surface area (Å²) < 4.78 is 27.8. The number of nitrogens with zero attached hydrogens (tertiary/aromatic N) is 3. The van der Waals surface area contributed by atoms with Crippen LogP contribution in [0.1, 0.15) is 36.4 Å². The van der Waals surface area contributed by atoms with Crippen LogP contribution in [0.25, 0.3) is 0 Å². The van der Waals surface area contributed by atoms with Gasteiger partial charge in [-0.3, -0.25) is 0 Å².